The van der Waals surface area contributed by atoms with Crippen LogP contribution in [0.25, 0.3) is 0 Å². The minimum absolute atomic E-state index is 0.0263. The highest BCUT2D eigenvalue weighted by molar-refractivity contribution is 5.89. The zero-order valence-corrected chi connectivity index (χ0v) is 9.25. The van der Waals surface area contributed by atoms with E-state index in [1.165, 1.54) is 24.3 Å². The van der Waals surface area contributed by atoms with Gasteiger partial charge in [0, 0.05) is 30.2 Å². The lowest BCUT2D eigenvalue weighted by Crippen LogP contribution is -2.52. The van der Waals surface area contributed by atoms with Gasteiger partial charge >= 0.3 is 0 Å². The van der Waals surface area contributed by atoms with Gasteiger partial charge in [0.2, 0.25) is 0 Å². The summed E-state index contributed by atoms with van der Waals surface area (Å²) in [6.45, 7) is 0. The summed E-state index contributed by atoms with van der Waals surface area (Å²) in [5.74, 6) is -5.14. The first-order valence-electron chi connectivity index (χ1n) is 5.05. The van der Waals surface area contributed by atoms with Crippen molar-refractivity contribution in [1.82, 2.24) is 0 Å². The summed E-state index contributed by atoms with van der Waals surface area (Å²) in [4.78, 5) is 32.5. The predicted molar refractivity (Wildman–Crippen MR) is 52.4 cm³/mol. The Hall–Kier alpha value is -2.37. The quantitative estimate of drug-likeness (QED) is 0.528. The lowest BCUT2D eigenvalue weighted by Gasteiger charge is -2.36. The molecular weight excluding hydrogens is 240 g/mol. The highest BCUT2D eigenvalue weighted by Crippen LogP contribution is 2.31. The van der Waals surface area contributed by atoms with Gasteiger partial charge in [-0.3, -0.25) is 0 Å². The van der Waals surface area contributed by atoms with E-state index in [0.717, 1.165) is 0 Å². The number of carboxylic acids is 3. The highest BCUT2D eigenvalue weighted by Gasteiger charge is 2.34. The van der Waals surface area contributed by atoms with Gasteiger partial charge in [-0.2, -0.15) is 0 Å². The number of rotatable bonds is 6. The molecule has 1 aromatic carbocycles. The van der Waals surface area contributed by atoms with Gasteiger partial charge in [0.1, 0.15) is 0 Å². The Labute approximate surface area is 102 Å². The normalized spacial score (nSPS) is 10.9. The number of hydrogen-bond acceptors (Lipinski definition) is 6. The molecule has 6 nitrogen and oxygen atoms in total. The molecule has 0 atom stereocenters. The van der Waals surface area contributed by atoms with E-state index in [-0.39, 0.29) is 5.56 Å². The molecule has 0 saturated carbocycles. The van der Waals surface area contributed by atoms with Gasteiger partial charge < -0.3 is 29.7 Å². The standard InChI is InChI=1S/C12H12O6/c13-9(14)6-12(11(17)18,7-10(15)16)8-4-2-1-3-5-8/h1-5H,6-7H2,(H,13,14)(H,15,16)(H,17,18)/p-3. The summed E-state index contributed by atoms with van der Waals surface area (Å²) in [5, 5.41) is 32.5. The summed E-state index contributed by atoms with van der Waals surface area (Å²) in [5.41, 5.74) is -2.16. The van der Waals surface area contributed by atoms with Gasteiger partial charge in [0.05, 0.1) is 5.97 Å². The smallest absolute Gasteiger partial charge is 0.0527 e. The molecule has 6 heteroatoms. The maximum absolute atomic E-state index is 11.2. The second-order valence-electron chi connectivity index (χ2n) is 3.83. The molecule has 96 valence electrons. The van der Waals surface area contributed by atoms with E-state index >= 15 is 0 Å². The third-order valence-electron chi connectivity index (χ3n) is 2.61. The van der Waals surface area contributed by atoms with E-state index in [1.807, 2.05) is 0 Å². The van der Waals surface area contributed by atoms with E-state index in [1.54, 1.807) is 6.07 Å². The van der Waals surface area contributed by atoms with Crippen molar-refractivity contribution >= 4 is 17.9 Å². The molecular formula is C12H9O6-3. The van der Waals surface area contributed by atoms with Crippen molar-refractivity contribution in [3.8, 4) is 0 Å². The van der Waals surface area contributed by atoms with E-state index in [9.17, 15) is 29.7 Å². The van der Waals surface area contributed by atoms with Crippen molar-refractivity contribution in [2.75, 3.05) is 0 Å². The number of carbonyl (C=O) groups is 3. The van der Waals surface area contributed by atoms with Gasteiger partial charge in [0.25, 0.3) is 0 Å². The zero-order chi connectivity index (χ0) is 13.8. The molecule has 0 aliphatic rings. The van der Waals surface area contributed by atoms with Gasteiger partial charge in [-0.05, 0) is 5.56 Å². The van der Waals surface area contributed by atoms with Crippen LogP contribution in [0.3, 0.4) is 0 Å². The van der Waals surface area contributed by atoms with Crippen LogP contribution in [0.2, 0.25) is 0 Å². The number of benzene rings is 1. The summed E-state index contributed by atoms with van der Waals surface area (Å²) in [7, 11) is 0. The first-order chi connectivity index (χ1) is 8.38. The van der Waals surface area contributed by atoms with E-state index in [2.05, 4.69) is 0 Å². The molecule has 0 aliphatic heterocycles. The average Bonchev–Trinajstić information content (AvgIpc) is 2.27. The van der Waals surface area contributed by atoms with Crippen LogP contribution in [0.5, 0.6) is 0 Å². The molecule has 1 rings (SSSR count). The van der Waals surface area contributed by atoms with Crippen molar-refractivity contribution in [3.05, 3.63) is 35.9 Å². The maximum Gasteiger partial charge on any atom is 0.0527 e. The highest BCUT2D eigenvalue weighted by atomic mass is 16.4. The Balaban J connectivity index is 3.33. The molecule has 0 aliphatic carbocycles. The SMILES string of the molecule is O=C([O-])CC(CC(=O)[O-])(C(=O)[O-])c1ccccc1. The van der Waals surface area contributed by atoms with Crippen LogP contribution < -0.4 is 15.3 Å². The van der Waals surface area contributed by atoms with Crippen molar-refractivity contribution in [1.29, 1.82) is 0 Å². The summed E-state index contributed by atoms with van der Waals surface area (Å²) >= 11 is 0. The lowest BCUT2D eigenvalue weighted by atomic mass is 9.75. The fraction of sp³-hybridized carbons (Fsp3) is 0.250. The lowest BCUT2D eigenvalue weighted by molar-refractivity contribution is -0.328. The number of carboxylic acid groups (broad SMARTS) is 3. The summed E-state index contributed by atoms with van der Waals surface area (Å²) < 4.78 is 0. The Kier molecular flexibility index (Phi) is 4.04. The number of hydrogen-bond donors (Lipinski definition) is 0. The van der Waals surface area contributed by atoms with Crippen molar-refractivity contribution in [3.63, 3.8) is 0 Å². The van der Waals surface area contributed by atoms with E-state index < -0.39 is 36.2 Å². The van der Waals surface area contributed by atoms with E-state index in [4.69, 9.17) is 0 Å². The van der Waals surface area contributed by atoms with Gasteiger partial charge in [-0.15, -0.1) is 0 Å². The third kappa shape index (κ3) is 2.85. The van der Waals surface area contributed by atoms with Crippen LogP contribution in [-0.2, 0) is 19.8 Å². The molecule has 0 bridgehead atoms. The molecule has 0 N–H and O–H groups in total. The van der Waals surface area contributed by atoms with Gasteiger partial charge in [0.15, 0.2) is 0 Å². The monoisotopic (exact) mass is 249 g/mol. The Bertz CT molecular complexity index is 449. The molecule has 0 saturated heterocycles. The fourth-order valence-corrected chi connectivity index (χ4v) is 1.78. The minimum Gasteiger partial charge on any atom is -0.550 e. The molecule has 0 radical (unpaired) electrons. The summed E-state index contributed by atoms with van der Waals surface area (Å²) in [6.07, 6.45) is -1.99. The van der Waals surface area contributed by atoms with Crippen LogP contribution in [0, 0.1) is 0 Å². The van der Waals surface area contributed by atoms with Crippen molar-refractivity contribution in [2.45, 2.75) is 18.3 Å². The van der Waals surface area contributed by atoms with Crippen LogP contribution in [0.4, 0.5) is 0 Å². The Morgan fingerprint density at radius 2 is 1.33 bits per heavy atom. The second-order valence-corrected chi connectivity index (χ2v) is 3.83. The molecule has 0 spiro atoms. The van der Waals surface area contributed by atoms with Crippen LogP contribution in [0.15, 0.2) is 30.3 Å². The van der Waals surface area contributed by atoms with Crippen molar-refractivity contribution in [2.24, 2.45) is 0 Å². The molecule has 0 heterocycles. The van der Waals surface area contributed by atoms with Crippen molar-refractivity contribution < 1.29 is 29.7 Å². The predicted octanol–water partition coefficient (Wildman–Crippen LogP) is -3.05. The Morgan fingerprint density at radius 3 is 1.67 bits per heavy atom. The minimum atomic E-state index is -2.18. The number of aliphatic carboxylic acids is 3. The van der Waals surface area contributed by atoms with Crippen LogP contribution in [0.1, 0.15) is 18.4 Å². The average molecular weight is 249 g/mol. The molecule has 0 aromatic heterocycles. The van der Waals surface area contributed by atoms with Gasteiger partial charge in [-0.25, -0.2) is 0 Å². The van der Waals surface area contributed by atoms with Gasteiger partial charge in [-0.1, -0.05) is 30.3 Å². The largest absolute Gasteiger partial charge is 0.550 e. The molecule has 1 aromatic rings. The second kappa shape index (κ2) is 5.31. The van der Waals surface area contributed by atoms with E-state index in [0.29, 0.717) is 0 Å². The first-order valence-corrected chi connectivity index (χ1v) is 5.05. The number of carbonyl (C=O) groups excluding carboxylic acids is 3. The fourth-order valence-electron chi connectivity index (χ4n) is 1.78. The third-order valence-corrected chi connectivity index (χ3v) is 2.61. The summed E-state index contributed by atoms with van der Waals surface area (Å²) in [6, 6.07) is 7.17. The molecule has 0 fully saturated rings. The Morgan fingerprint density at radius 1 is 0.889 bits per heavy atom. The van der Waals surface area contributed by atoms with Crippen LogP contribution >= 0.6 is 0 Å². The molecule has 18 heavy (non-hydrogen) atoms. The maximum atomic E-state index is 11.2. The topological polar surface area (TPSA) is 120 Å². The molecule has 0 amide bonds. The first kappa shape index (κ1) is 13.7. The van der Waals surface area contributed by atoms with Crippen LogP contribution in [-0.4, -0.2) is 17.9 Å². The molecule has 0 unspecified atom stereocenters. The zero-order valence-electron chi connectivity index (χ0n) is 9.25.